The molecule has 0 aliphatic rings. The third-order valence-corrected chi connectivity index (χ3v) is 4.01. The lowest BCUT2D eigenvalue weighted by Crippen LogP contribution is -2.11. The average molecular weight is 298 g/mol. The minimum atomic E-state index is 0.401. The second kappa shape index (κ2) is 7.85. The van der Waals surface area contributed by atoms with Gasteiger partial charge in [-0.3, -0.25) is 0 Å². The first-order chi connectivity index (χ1) is 10.6. The second-order valence-electron chi connectivity index (χ2n) is 5.90. The number of rotatable bonds is 7. The van der Waals surface area contributed by atoms with Gasteiger partial charge in [0.2, 0.25) is 0 Å². The summed E-state index contributed by atoms with van der Waals surface area (Å²) in [5.74, 6) is 0.401. The van der Waals surface area contributed by atoms with Crippen LogP contribution >= 0.6 is 0 Å². The van der Waals surface area contributed by atoms with Crippen LogP contribution in [-0.4, -0.2) is 19.2 Å². The number of benzene rings is 2. The predicted molar refractivity (Wildman–Crippen MR) is 93.4 cm³/mol. The highest BCUT2D eigenvalue weighted by Gasteiger charge is 2.09. The van der Waals surface area contributed by atoms with Crippen LogP contribution in [0.5, 0.6) is 5.75 Å². The standard InChI is InChI=1S/C19H26N2O/c1-21(2)18-8-5-9-19(22)17(18)7-4-3-6-15-10-12-16(14-20)13-11-15/h5,8-13,22H,3-4,6-7,14,20H2,1-2H3. The topological polar surface area (TPSA) is 49.5 Å². The Hall–Kier alpha value is -2.00. The molecule has 0 aromatic heterocycles. The number of nitrogens with zero attached hydrogens (tertiary/aromatic N) is 1. The molecule has 0 aliphatic heterocycles. The molecule has 0 saturated heterocycles. The van der Waals surface area contributed by atoms with E-state index in [9.17, 15) is 5.11 Å². The van der Waals surface area contributed by atoms with Crippen molar-refractivity contribution in [3.63, 3.8) is 0 Å². The van der Waals surface area contributed by atoms with Gasteiger partial charge in [-0.15, -0.1) is 0 Å². The largest absolute Gasteiger partial charge is 0.508 e. The van der Waals surface area contributed by atoms with Crippen molar-refractivity contribution in [3.8, 4) is 5.75 Å². The van der Waals surface area contributed by atoms with E-state index < -0.39 is 0 Å². The Morgan fingerprint density at radius 2 is 1.55 bits per heavy atom. The lowest BCUT2D eigenvalue weighted by atomic mass is 10.0. The van der Waals surface area contributed by atoms with E-state index in [1.807, 2.05) is 20.2 Å². The third-order valence-electron chi connectivity index (χ3n) is 4.01. The summed E-state index contributed by atoms with van der Waals surface area (Å²) in [5.41, 5.74) is 10.3. The molecular formula is C19H26N2O. The lowest BCUT2D eigenvalue weighted by molar-refractivity contribution is 0.466. The zero-order valence-corrected chi connectivity index (χ0v) is 13.5. The molecule has 0 heterocycles. The highest BCUT2D eigenvalue weighted by molar-refractivity contribution is 5.58. The molecule has 0 amide bonds. The van der Waals surface area contributed by atoms with Gasteiger partial charge in [-0.1, -0.05) is 30.3 Å². The monoisotopic (exact) mass is 298 g/mol. The van der Waals surface area contributed by atoms with Crippen LogP contribution in [0, 0.1) is 0 Å². The molecule has 0 atom stereocenters. The number of anilines is 1. The van der Waals surface area contributed by atoms with Crippen molar-refractivity contribution in [1.29, 1.82) is 0 Å². The number of hydrogen-bond acceptors (Lipinski definition) is 3. The van der Waals surface area contributed by atoms with E-state index in [2.05, 4.69) is 35.2 Å². The van der Waals surface area contributed by atoms with Crippen LogP contribution in [0.25, 0.3) is 0 Å². The summed E-state index contributed by atoms with van der Waals surface area (Å²) in [6.45, 7) is 0.598. The van der Waals surface area contributed by atoms with Gasteiger partial charge in [0.15, 0.2) is 0 Å². The van der Waals surface area contributed by atoms with Crippen molar-refractivity contribution in [1.82, 2.24) is 0 Å². The van der Waals surface area contributed by atoms with Crippen molar-refractivity contribution < 1.29 is 5.11 Å². The third kappa shape index (κ3) is 4.25. The minimum absolute atomic E-state index is 0.401. The fraction of sp³-hybridized carbons (Fsp3) is 0.368. The molecule has 2 rings (SSSR count). The molecule has 2 aromatic rings. The molecule has 2 aromatic carbocycles. The van der Waals surface area contributed by atoms with E-state index in [0.717, 1.165) is 36.9 Å². The van der Waals surface area contributed by atoms with Gasteiger partial charge in [0.25, 0.3) is 0 Å². The van der Waals surface area contributed by atoms with Gasteiger partial charge in [-0.2, -0.15) is 0 Å². The molecule has 118 valence electrons. The first-order valence-corrected chi connectivity index (χ1v) is 7.88. The number of unbranched alkanes of at least 4 members (excludes halogenated alkanes) is 1. The molecule has 3 nitrogen and oxygen atoms in total. The quantitative estimate of drug-likeness (QED) is 0.769. The Kier molecular flexibility index (Phi) is 5.84. The van der Waals surface area contributed by atoms with E-state index in [1.165, 1.54) is 11.1 Å². The Balaban J connectivity index is 1.88. The second-order valence-corrected chi connectivity index (χ2v) is 5.90. The number of hydrogen-bond donors (Lipinski definition) is 2. The maximum absolute atomic E-state index is 10.1. The van der Waals surface area contributed by atoms with E-state index in [4.69, 9.17) is 5.73 Å². The smallest absolute Gasteiger partial charge is 0.120 e. The average Bonchev–Trinajstić information content (AvgIpc) is 2.53. The Morgan fingerprint density at radius 1 is 0.909 bits per heavy atom. The van der Waals surface area contributed by atoms with Crippen LogP contribution in [0.2, 0.25) is 0 Å². The van der Waals surface area contributed by atoms with Gasteiger partial charge < -0.3 is 15.7 Å². The molecule has 3 heteroatoms. The molecule has 0 spiro atoms. The molecule has 0 fully saturated rings. The van der Waals surface area contributed by atoms with Crippen LogP contribution in [0.15, 0.2) is 42.5 Å². The Bertz CT molecular complexity index is 591. The molecule has 0 saturated carbocycles. The molecule has 0 unspecified atom stereocenters. The summed E-state index contributed by atoms with van der Waals surface area (Å²) in [5, 5.41) is 10.1. The molecule has 22 heavy (non-hydrogen) atoms. The molecule has 0 bridgehead atoms. The van der Waals surface area contributed by atoms with Crippen LogP contribution in [-0.2, 0) is 19.4 Å². The fourth-order valence-electron chi connectivity index (χ4n) is 2.71. The van der Waals surface area contributed by atoms with Crippen LogP contribution in [0.4, 0.5) is 5.69 Å². The Labute approximate surface area is 133 Å². The number of aromatic hydroxyl groups is 1. The summed E-state index contributed by atoms with van der Waals surface area (Å²) in [6, 6.07) is 14.2. The summed E-state index contributed by atoms with van der Waals surface area (Å²) in [4.78, 5) is 2.06. The molecule has 3 N–H and O–H groups in total. The first-order valence-electron chi connectivity index (χ1n) is 7.88. The van der Waals surface area contributed by atoms with Gasteiger partial charge in [0, 0.05) is 31.9 Å². The van der Waals surface area contributed by atoms with E-state index >= 15 is 0 Å². The normalized spacial score (nSPS) is 10.7. The van der Waals surface area contributed by atoms with Crippen molar-refractivity contribution in [3.05, 3.63) is 59.2 Å². The number of aryl methyl sites for hydroxylation is 1. The van der Waals surface area contributed by atoms with Crippen LogP contribution in [0.1, 0.15) is 29.5 Å². The SMILES string of the molecule is CN(C)c1cccc(O)c1CCCCc1ccc(CN)cc1. The van der Waals surface area contributed by atoms with Gasteiger partial charge in [0.05, 0.1) is 0 Å². The highest BCUT2D eigenvalue weighted by Crippen LogP contribution is 2.29. The number of phenolic OH excluding ortho intramolecular Hbond substituents is 1. The van der Waals surface area contributed by atoms with E-state index in [0.29, 0.717) is 12.3 Å². The molecule has 0 aliphatic carbocycles. The van der Waals surface area contributed by atoms with Crippen LogP contribution in [0.3, 0.4) is 0 Å². The minimum Gasteiger partial charge on any atom is -0.508 e. The highest BCUT2D eigenvalue weighted by atomic mass is 16.3. The maximum atomic E-state index is 10.1. The predicted octanol–water partition coefficient (Wildman–Crippen LogP) is 3.48. The maximum Gasteiger partial charge on any atom is 0.120 e. The summed E-state index contributed by atoms with van der Waals surface area (Å²) >= 11 is 0. The van der Waals surface area contributed by atoms with Crippen molar-refractivity contribution >= 4 is 5.69 Å². The zero-order chi connectivity index (χ0) is 15.9. The van der Waals surface area contributed by atoms with E-state index in [1.54, 1.807) is 6.07 Å². The summed E-state index contributed by atoms with van der Waals surface area (Å²) in [7, 11) is 4.02. The van der Waals surface area contributed by atoms with Gasteiger partial charge >= 0.3 is 0 Å². The van der Waals surface area contributed by atoms with Crippen LogP contribution < -0.4 is 10.6 Å². The Morgan fingerprint density at radius 3 is 2.18 bits per heavy atom. The summed E-state index contributed by atoms with van der Waals surface area (Å²) in [6.07, 6.45) is 4.15. The molecule has 0 radical (unpaired) electrons. The number of nitrogens with two attached hydrogens (primary N) is 1. The van der Waals surface area contributed by atoms with Crippen molar-refractivity contribution in [2.24, 2.45) is 5.73 Å². The lowest BCUT2D eigenvalue weighted by Gasteiger charge is -2.18. The summed E-state index contributed by atoms with van der Waals surface area (Å²) < 4.78 is 0. The first kappa shape index (κ1) is 16.4. The van der Waals surface area contributed by atoms with Gasteiger partial charge in [-0.05, 0) is 48.9 Å². The zero-order valence-electron chi connectivity index (χ0n) is 13.5. The van der Waals surface area contributed by atoms with Gasteiger partial charge in [0.1, 0.15) is 5.75 Å². The van der Waals surface area contributed by atoms with Crippen molar-refractivity contribution in [2.75, 3.05) is 19.0 Å². The number of phenols is 1. The van der Waals surface area contributed by atoms with E-state index in [-0.39, 0.29) is 0 Å². The molecular weight excluding hydrogens is 272 g/mol. The fourth-order valence-corrected chi connectivity index (χ4v) is 2.71. The van der Waals surface area contributed by atoms with Crippen molar-refractivity contribution in [2.45, 2.75) is 32.2 Å². The van der Waals surface area contributed by atoms with Gasteiger partial charge in [-0.25, -0.2) is 0 Å².